The number of nitrogens with two attached hydrogens (primary N) is 1. The van der Waals surface area contributed by atoms with Gasteiger partial charge in [-0.3, -0.25) is 9.59 Å². The summed E-state index contributed by atoms with van der Waals surface area (Å²) in [5.41, 5.74) is 1.82. The number of carbonyl (C=O) groups excluding carboxylic acids is 2. The van der Waals surface area contributed by atoms with Gasteiger partial charge in [0, 0.05) is 12.2 Å². The number of hydrogen-bond acceptors (Lipinski definition) is 5. The van der Waals surface area contributed by atoms with Crippen LogP contribution in [0.4, 0.5) is 10.2 Å². The maximum Gasteiger partial charge on any atom is 0.254 e. The predicted molar refractivity (Wildman–Crippen MR) is 65.5 cm³/mol. The van der Waals surface area contributed by atoms with Gasteiger partial charge in [-0.2, -0.15) is 0 Å². The Morgan fingerprint density at radius 3 is 2.84 bits per heavy atom. The van der Waals surface area contributed by atoms with E-state index in [1.165, 1.54) is 12.3 Å². The van der Waals surface area contributed by atoms with E-state index in [9.17, 15) is 14.0 Å². The summed E-state index contributed by atoms with van der Waals surface area (Å²) in [6.45, 7) is -0.192. The van der Waals surface area contributed by atoms with E-state index in [-0.39, 0.29) is 29.9 Å². The van der Waals surface area contributed by atoms with E-state index in [0.29, 0.717) is 0 Å². The van der Waals surface area contributed by atoms with Crippen LogP contribution in [0.15, 0.2) is 12.3 Å². The third-order valence-electron chi connectivity index (χ3n) is 2.62. The summed E-state index contributed by atoms with van der Waals surface area (Å²) >= 11 is 0. The third kappa shape index (κ3) is 3.38. The second-order valence-corrected chi connectivity index (χ2v) is 4.19. The SMILES string of the molecule is NNc1nccc(C(=O)NCC(=O)NC2CC2)c1F. The summed E-state index contributed by atoms with van der Waals surface area (Å²) in [5, 5.41) is 5.04. The summed E-state index contributed by atoms with van der Waals surface area (Å²) in [4.78, 5) is 26.7. The molecule has 1 heterocycles. The Morgan fingerprint density at radius 1 is 1.47 bits per heavy atom. The molecule has 1 saturated carbocycles. The number of anilines is 1. The van der Waals surface area contributed by atoms with Crippen molar-refractivity contribution >= 4 is 17.6 Å². The first-order valence-electron chi connectivity index (χ1n) is 5.80. The molecule has 0 aromatic carbocycles. The van der Waals surface area contributed by atoms with Gasteiger partial charge in [-0.05, 0) is 18.9 Å². The van der Waals surface area contributed by atoms with E-state index in [1.807, 2.05) is 5.43 Å². The van der Waals surface area contributed by atoms with Crippen LogP contribution in [-0.4, -0.2) is 29.4 Å². The van der Waals surface area contributed by atoms with Gasteiger partial charge in [0.05, 0.1) is 12.1 Å². The number of pyridine rings is 1. The largest absolute Gasteiger partial charge is 0.352 e. The van der Waals surface area contributed by atoms with Crippen molar-refractivity contribution in [2.75, 3.05) is 12.0 Å². The number of nitrogen functional groups attached to an aromatic ring is 1. The highest BCUT2D eigenvalue weighted by atomic mass is 19.1. The van der Waals surface area contributed by atoms with E-state index >= 15 is 0 Å². The minimum absolute atomic E-state index is 0.192. The molecule has 7 nitrogen and oxygen atoms in total. The van der Waals surface area contributed by atoms with Crippen LogP contribution in [0.25, 0.3) is 0 Å². The molecule has 0 bridgehead atoms. The van der Waals surface area contributed by atoms with Gasteiger partial charge in [-0.25, -0.2) is 15.2 Å². The number of rotatable bonds is 5. The quantitative estimate of drug-likeness (QED) is 0.425. The van der Waals surface area contributed by atoms with Gasteiger partial charge in [-0.1, -0.05) is 0 Å². The van der Waals surface area contributed by atoms with Crippen molar-refractivity contribution in [3.63, 3.8) is 0 Å². The Balaban J connectivity index is 1.93. The van der Waals surface area contributed by atoms with Crippen LogP contribution >= 0.6 is 0 Å². The van der Waals surface area contributed by atoms with Gasteiger partial charge >= 0.3 is 0 Å². The number of amides is 2. The molecule has 19 heavy (non-hydrogen) atoms. The van der Waals surface area contributed by atoms with Gasteiger partial charge in [0.15, 0.2) is 11.6 Å². The van der Waals surface area contributed by atoms with E-state index in [2.05, 4.69) is 15.6 Å². The molecule has 1 aliphatic carbocycles. The highest BCUT2D eigenvalue weighted by molar-refractivity contribution is 5.97. The number of nitrogens with zero attached hydrogens (tertiary/aromatic N) is 1. The number of hydrogen-bond donors (Lipinski definition) is 4. The lowest BCUT2D eigenvalue weighted by molar-refractivity contribution is -0.120. The average Bonchev–Trinajstić information content (AvgIpc) is 3.20. The normalized spacial score (nSPS) is 13.8. The Bertz CT molecular complexity index is 504. The van der Waals surface area contributed by atoms with Crippen molar-refractivity contribution in [2.45, 2.75) is 18.9 Å². The molecule has 1 aromatic rings. The lowest BCUT2D eigenvalue weighted by Crippen LogP contribution is -2.38. The maximum absolute atomic E-state index is 13.7. The van der Waals surface area contributed by atoms with Crippen molar-refractivity contribution in [1.29, 1.82) is 0 Å². The molecule has 2 rings (SSSR count). The second kappa shape index (κ2) is 5.61. The first-order chi connectivity index (χ1) is 9.11. The highest BCUT2D eigenvalue weighted by Crippen LogP contribution is 2.18. The van der Waals surface area contributed by atoms with Crippen LogP contribution < -0.4 is 21.9 Å². The Kier molecular flexibility index (Phi) is 3.91. The molecule has 1 aromatic heterocycles. The van der Waals surface area contributed by atoms with Crippen molar-refractivity contribution in [3.8, 4) is 0 Å². The lowest BCUT2D eigenvalue weighted by Gasteiger charge is -2.08. The fourth-order valence-corrected chi connectivity index (χ4v) is 1.48. The van der Waals surface area contributed by atoms with Crippen molar-refractivity contribution in [3.05, 3.63) is 23.6 Å². The fraction of sp³-hybridized carbons (Fsp3) is 0.364. The number of halogens is 1. The first kappa shape index (κ1) is 13.2. The summed E-state index contributed by atoms with van der Waals surface area (Å²) in [7, 11) is 0. The zero-order valence-electron chi connectivity index (χ0n) is 10.1. The molecule has 1 aliphatic rings. The summed E-state index contributed by atoms with van der Waals surface area (Å²) in [6.07, 6.45) is 3.17. The minimum Gasteiger partial charge on any atom is -0.352 e. The zero-order valence-corrected chi connectivity index (χ0v) is 10.1. The van der Waals surface area contributed by atoms with Crippen LogP contribution in [-0.2, 0) is 4.79 Å². The van der Waals surface area contributed by atoms with E-state index < -0.39 is 11.7 Å². The standard InChI is InChI=1S/C11H14FN5O2/c12-9-7(3-4-14-10(9)17-13)11(19)15-5-8(18)16-6-1-2-6/h3-4,6H,1-2,5,13H2,(H,14,17)(H,15,19)(H,16,18). The van der Waals surface area contributed by atoms with Gasteiger partial charge in [0.2, 0.25) is 5.91 Å². The van der Waals surface area contributed by atoms with Gasteiger partial charge in [-0.15, -0.1) is 0 Å². The highest BCUT2D eigenvalue weighted by Gasteiger charge is 2.23. The van der Waals surface area contributed by atoms with Gasteiger partial charge in [0.25, 0.3) is 5.91 Å². The molecule has 0 atom stereocenters. The van der Waals surface area contributed by atoms with E-state index in [1.54, 1.807) is 0 Å². The molecular formula is C11H14FN5O2. The van der Waals surface area contributed by atoms with Crippen LogP contribution in [0.1, 0.15) is 23.2 Å². The van der Waals surface area contributed by atoms with Crippen LogP contribution in [0.2, 0.25) is 0 Å². The third-order valence-corrected chi connectivity index (χ3v) is 2.62. The molecule has 8 heteroatoms. The zero-order chi connectivity index (χ0) is 13.8. The van der Waals surface area contributed by atoms with Gasteiger partial charge < -0.3 is 16.1 Å². The lowest BCUT2D eigenvalue weighted by atomic mass is 10.2. The molecular weight excluding hydrogens is 253 g/mol. The molecule has 2 amide bonds. The Labute approximate surface area is 108 Å². The van der Waals surface area contributed by atoms with Crippen molar-refractivity contribution in [1.82, 2.24) is 15.6 Å². The van der Waals surface area contributed by atoms with E-state index in [0.717, 1.165) is 12.8 Å². The van der Waals surface area contributed by atoms with Gasteiger partial charge in [0.1, 0.15) is 0 Å². The molecule has 0 spiro atoms. The minimum atomic E-state index is -0.856. The molecule has 0 radical (unpaired) electrons. The monoisotopic (exact) mass is 267 g/mol. The number of hydrazine groups is 1. The Hall–Kier alpha value is -2.22. The molecule has 1 fully saturated rings. The predicted octanol–water partition coefficient (Wildman–Crippen LogP) is -0.485. The van der Waals surface area contributed by atoms with Crippen LogP contribution in [0.3, 0.4) is 0 Å². The van der Waals surface area contributed by atoms with Crippen LogP contribution in [0.5, 0.6) is 0 Å². The first-order valence-corrected chi connectivity index (χ1v) is 5.80. The summed E-state index contributed by atoms with van der Waals surface area (Å²) < 4.78 is 13.7. The molecule has 5 N–H and O–H groups in total. The Morgan fingerprint density at radius 2 is 2.21 bits per heavy atom. The summed E-state index contributed by atoms with van der Waals surface area (Å²) in [5.74, 6) is 2.99. The number of nitrogens with one attached hydrogen (secondary N) is 3. The number of carbonyl (C=O) groups is 2. The molecule has 0 unspecified atom stereocenters. The molecule has 0 aliphatic heterocycles. The van der Waals surface area contributed by atoms with E-state index in [4.69, 9.17) is 5.84 Å². The topological polar surface area (TPSA) is 109 Å². The van der Waals surface area contributed by atoms with Crippen LogP contribution in [0, 0.1) is 5.82 Å². The average molecular weight is 267 g/mol. The molecule has 0 saturated heterocycles. The second-order valence-electron chi connectivity index (χ2n) is 4.19. The fourth-order valence-electron chi connectivity index (χ4n) is 1.48. The maximum atomic E-state index is 13.7. The summed E-state index contributed by atoms with van der Waals surface area (Å²) in [6, 6.07) is 1.43. The van der Waals surface area contributed by atoms with Crippen molar-refractivity contribution < 1.29 is 14.0 Å². The van der Waals surface area contributed by atoms with Crippen molar-refractivity contribution in [2.24, 2.45) is 5.84 Å². The molecule has 102 valence electrons. The smallest absolute Gasteiger partial charge is 0.254 e. The number of aromatic nitrogens is 1.